The average Bonchev–Trinajstić information content (AvgIpc) is 2.86. The molecule has 1 unspecified atom stereocenters. The van der Waals surface area contributed by atoms with Gasteiger partial charge in [0.1, 0.15) is 5.76 Å². The number of aliphatic hydroxyl groups excluding tert-OH is 1. The van der Waals surface area contributed by atoms with Gasteiger partial charge >= 0.3 is 0 Å². The molecule has 0 aliphatic rings. The molecular formula is C16H19NO3. The summed E-state index contributed by atoms with van der Waals surface area (Å²) >= 11 is 0. The van der Waals surface area contributed by atoms with Crippen LogP contribution < -0.4 is 5.32 Å². The fourth-order valence-electron chi connectivity index (χ4n) is 2.13. The third kappa shape index (κ3) is 3.08. The first-order valence-electron chi connectivity index (χ1n) is 6.71. The van der Waals surface area contributed by atoms with Gasteiger partial charge in [-0.05, 0) is 24.1 Å². The van der Waals surface area contributed by atoms with Crippen LogP contribution in [0.5, 0.6) is 0 Å². The van der Waals surface area contributed by atoms with Crippen molar-refractivity contribution in [3.8, 4) is 0 Å². The third-order valence-electron chi connectivity index (χ3n) is 3.26. The van der Waals surface area contributed by atoms with Gasteiger partial charge in [-0.25, -0.2) is 0 Å². The van der Waals surface area contributed by atoms with Crippen LogP contribution in [0.4, 0.5) is 0 Å². The number of aliphatic hydroxyl groups is 1. The molecule has 20 heavy (non-hydrogen) atoms. The van der Waals surface area contributed by atoms with E-state index in [2.05, 4.69) is 5.32 Å². The van der Waals surface area contributed by atoms with E-state index >= 15 is 0 Å². The minimum atomic E-state index is -0.431. The summed E-state index contributed by atoms with van der Waals surface area (Å²) in [6.45, 7) is 3.74. The van der Waals surface area contributed by atoms with Crippen LogP contribution in [0.1, 0.15) is 40.4 Å². The maximum atomic E-state index is 12.2. The van der Waals surface area contributed by atoms with Crippen LogP contribution in [0.25, 0.3) is 0 Å². The van der Waals surface area contributed by atoms with Crippen LogP contribution in [-0.2, 0) is 6.42 Å². The first-order valence-corrected chi connectivity index (χ1v) is 6.71. The molecule has 2 rings (SSSR count). The normalized spacial score (nSPS) is 12.2. The second-order valence-corrected chi connectivity index (χ2v) is 4.69. The Morgan fingerprint density at radius 1 is 1.35 bits per heavy atom. The molecule has 4 heteroatoms. The fourth-order valence-corrected chi connectivity index (χ4v) is 2.13. The lowest BCUT2D eigenvalue weighted by Crippen LogP contribution is -2.30. The smallest absolute Gasteiger partial charge is 0.287 e. The minimum Gasteiger partial charge on any atom is -0.456 e. The Balaban J connectivity index is 2.13. The third-order valence-corrected chi connectivity index (χ3v) is 3.26. The van der Waals surface area contributed by atoms with E-state index in [-0.39, 0.29) is 18.3 Å². The van der Waals surface area contributed by atoms with Crippen molar-refractivity contribution in [2.75, 3.05) is 6.61 Å². The monoisotopic (exact) mass is 273 g/mol. The molecule has 0 radical (unpaired) electrons. The maximum absolute atomic E-state index is 12.2. The Morgan fingerprint density at radius 2 is 2.05 bits per heavy atom. The molecule has 0 spiro atoms. The zero-order valence-corrected chi connectivity index (χ0v) is 11.7. The van der Waals surface area contributed by atoms with Gasteiger partial charge in [0, 0.05) is 6.42 Å². The molecule has 4 nitrogen and oxygen atoms in total. The highest BCUT2D eigenvalue weighted by Gasteiger charge is 2.18. The summed E-state index contributed by atoms with van der Waals surface area (Å²) < 4.78 is 5.51. The summed E-state index contributed by atoms with van der Waals surface area (Å²) in [5, 5.41) is 12.2. The average molecular weight is 273 g/mol. The molecule has 0 aliphatic heterocycles. The maximum Gasteiger partial charge on any atom is 0.287 e. The van der Waals surface area contributed by atoms with Crippen LogP contribution in [0, 0.1) is 6.92 Å². The van der Waals surface area contributed by atoms with E-state index in [4.69, 9.17) is 4.42 Å². The van der Waals surface area contributed by atoms with Crippen molar-refractivity contribution < 1.29 is 14.3 Å². The van der Waals surface area contributed by atoms with Gasteiger partial charge in [0.05, 0.1) is 12.6 Å². The number of carbonyl (C=O) groups is 1. The van der Waals surface area contributed by atoms with Gasteiger partial charge in [0.2, 0.25) is 0 Å². The molecule has 1 heterocycles. The van der Waals surface area contributed by atoms with Crippen LogP contribution >= 0.6 is 0 Å². The van der Waals surface area contributed by atoms with Crippen molar-refractivity contribution in [3.63, 3.8) is 0 Å². The van der Waals surface area contributed by atoms with Crippen LogP contribution in [-0.4, -0.2) is 17.6 Å². The zero-order valence-electron chi connectivity index (χ0n) is 11.7. The van der Waals surface area contributed by atoms with E-state index in [1.807, 2.05) is 44.2 Å². The molecule has 0 saturated carbocycles. The molecule has 106 valence electrons. The second-order valence-electron chi connectivity index (χ2n) is 4.69. The molecule has 0 saturated heterocycles. The lowest BCUT2D eigenvalue weighted by Gasteiger charge is -2.15. The van der Waals surface area contributed by atoms with Crippen LogP contribution in [0.15, 0.2) is 40.8 Å². The minimum absolute atomic E-state index is 0.157. The summed E-state index contributed by atoms with van der Waals surface area (Å²) in [4.78, 5) is 12.2. The van der Waals surface area contributed by atoms with Crippen molar-refractivity contribution in [1.82, 2.24) is 5.32 Å². The number of benzene rings is 1. The SMILES string of the molecule is CCc1oc(C(=O)NC(CO)c2ccccc2)cc1C. The number of carbonyl (C=O) groups excluding carboxylic acids is 1. The highest BCUT2D eigenvalue weighted by molar-refractivity contribution is 5.92. The summed E-state index contributed by atoms with van der Waals surface area (Å²) in [5.41, 5.74) is 1.83. The topological polar surface area (TPSA) is 62.5 Å². The van der Waals surface area contributed by atoms with Gasteiger partial charge in [-0.3, -0.25) is 4.79 Å². The number of hydrogen-bond acceptors (Lipinski definition) is 3. The van der Waals surface area contributed by atoms with Crippen molar-refractivity contribution in [2.24, 2.45) is 0 Å². The molecule has 1 aromatic heterocycles. The lowest BCUT2D eigenvalue weighted by molar-refractivity contribution is 0.0886. The van der Waals surface area contributed by atoms with Gasteiger partial charge in [0.15, 0.2) is 5.76 Å². The fraction of sp³-hybridized carbons (Fsp3) is 0.312. The van der Waals surface area contributed by atoms with Crippen molar-refractivity contribution >= 4 is 5.91 Å². The highest BCUT2D eigenvalue weighted by atomic mass is 16.4. The van der Waals surface area contributed by atoms with E-state index in [0.717, 1.165) is 23.3 Å². The molecule has 2 aromatic rings. The summed E-state index contributed by atoms with van der Waals surface area (Å²) in [6, 6.07) is 10.7. The molecule has 0 aliphatic carbocycles. The Morgan fingerprint density at radius 3 is 2.60 bits per heavy atom. The van der Waals surface area contributed by atoms with E-state index in [9.17, 15) is 9.90 Å². The van der Waals surface area contributed by atoms with E-state index in [0.29, 0.717) is 0 Å². The van der Waals surface area contributed by atoms with Crippen molar-refractivity contribution in [1.29, 1.82) is 0 Å². The number of amides is 1. The molecule has 1 aromatic carbocycles. The molecule has 1 atom stereocenters. The molecule has 0 bridgehead atoms. The zero-order chi connectivity index (χ0) is 14.5. The first-order chi connectivity index (χ1) is 9.65. The predicted octanol–water partition coefficient (Wildman–Crippen LogP) is 2.61. The largest absolute Gasteiger partial charge is 0.456 e. The van der Waals surface area contributed by atoms with E-state index in [1.165, 1.54) is 0 Å². The molecule has 0 fully saturated rings. The number of hydrogen-bond donors (Lipinski definition) is 2. The number of aryl methyl sites for hydroxylation is 2. The van der Waals surface area contributed by atoms with Crippen LogP contribution in [0.3, 0.4) is 0 Å². The number of furan rings is 1. The summed E-state index contributed by atoms with van der Waals surface area (Å²) in [7, 11) is 0. The van der Waals surface area contributed by atoms with E-state index in [1.54, 1.807) is 6.07 Å². The van der Waals surface area contributed by atoms with Gasteiger partial charge in [0.25, 0.3) is 5.91 Å². The van der Waals surface area contributed by atoms with Crippen molar-refractivity contribution in [2.45, 2.75) is 26.3 Å². The quantitative estimate of drug-likeness (QED) is 0.880. The standard InChI is InChI=1S/C16H19NO3/c1-3-14-11(2)9-15(20-14)16(19)17-13(10-18)12-7-5-4-6-8-12/h4-9,13,18H,3,10H2,1-2H3,(H,17,19). The summed E-state index contributed by atoms with van der Waals surface area (Å²) in [5.74, 6) is 0.792. The summed E-state index contributed by atoms with van der Waals surface area (Å²) in [6.07, 6.45) is 0.751. The van der Waals surface area contributed by atoms with Crippen molar-refractivity contribution in [3.05, 3.63) is 59.0 Å². The molecule has 1 amide bonds. The van der Waals surface area contributed by atoms with Crippen LogP contribution in [0.2, 0.25) is 0 Å². The Labute approximate surface area is 118 Å². The molecule has 2 N–H and O–H groups in total. The number of nitrogens with one attached hydrogen (secondary N) is 1. The first kappa shape index (κ1) is 14.3. The second kappa shape index (κ2) is 6.39. The Kier molecular flexibility index (Phi) is 4.58. The van der Waals surface area contributed by atoms with Gasteiger partial charge < -0.3 is 14.8 Å². The van der Waals surface area contributed by atoms with Gasteiger partial charge in [-0.2, -0.15) is 0 Å². The number of rotatable bonds is 5. The predicted molar refractivity (Wildman–Crippen MR) is 76.6 cm³/mol. The van der Waals surface area contributed by atoms with Gasteiger partial charge in [-0.15, -0.1) is 0 Å². The molecular weight excluding hydrogens is 254 g/mol. The Bertz CT molecular complexity index is 575. The Hall–Kier alpha value is -2.07. The van der Waals surface area contributed by atoms with Gasteiger partial charge in [-0.1, -0.05) is 37.3 Å². The lowest BCUT2D eigenvalue weighted by atomic mass is 10.1. The van der Waals surface area contributed by atoms with E-state index < -0.39 is 6.04 Å². The highest BCUT2D eigenvalue weighted by Crippen LogP contribution is 2.17.